The molecule has 7 rings (SSSR count). The number of rotatable bonds is 7. The topological polar surface area (TPSA) is 18.5 Å². The monoisotopic (exact) mass is 824 g/mol. The fourth-order valence-electron chi connectivity index (χ4n) is 7.77. The van der Waals surface area contributed by atoms with Gasteiger partial charge in [-0.25, -0.2) is 0 Å². The zero-order valence-electron chi connectivity index (χ0n) is 30.7. The molecule has 0 saturated heterocycles. The second-order valence-electron chi connectivity index (χ2n) is 15.6. The van der Waals surface area contributed by atoms with Crippen molar-refractivity contribution in [3.8, 4) is 22.6 Å². The maximum absolute atomic E-state index is 6.07. The number of hydrogen-bond donors (Lipinski definition) is 0. The SMILES string of the molecule is COc1cccc(OC)c1C1=[C]([Hf](=[C](c2ccccc2)c2ccccc2)[CH]2c3cc(C(C)(C)C)ccc3-c3ccc(C(C)(C)C)cc32)CC=C1. The average Bonchev–Trinajstić information content (AvgIpc) is 3.72. The van der Waals surface area contributed by atoms with Crippen LogP contribution in [-0.2, 0) is 31.8 Å². The van der Waals surface area contributed by atoms with Crippen LogP contribution in [0.25, 0.3) is 16.7 Å². The summed E-state index contributed by atoms with van der Waals surface area (Å²) in [5, 5.41) is 0. The van der Waals surface area contributed by atoms with Crippen LogP contribution in [0.5, 0.6) is 11.5 Å². The third kappa shape index (κ3) is 6.23. The Labute approximate surface area is 306 Å². The Morgan fingerprint density at radius 3 is 1.52 bits per heavy atom. The molecule has 0 radical (unpaired) electrons. The Hall–Kier alpha value is -4.08. The summed E-state index contributed by atoms with van der Waals surface area (Å²) < 4.78 is 15.6. The molecule has 0 aliphatic heterocycles. The number of benzene rings is 5. The van der Waals surface area contributed by atoms with Crippen LogP contribution in [-0.4, -0.2) is 17.5 Å². The van der Waals surface area contributed by atoms with Crippen LogP contribution in [0.2, 0.25) is 0 Å². The van der Waals surface area contributed by atoms with E-state index in [4.69, 9.17) is 9.47 Å². The first-order valence-corrected chi connectivity index (χ1v) is 23.4. The number of allylic oxidation sites excluding steroid dienone is 4. The molecule has 252 valence electrons. The van der Waals surface area contributed by atoms with E-state index in [1.54, 1.807) is 20.8 Å². The summed E-state index contributed by atoms with van der Waals surface area (Å²) in [7, 11) is 3.55. The number of hydrogen-bond acceptors (Lipinski definition) is 2. The molecule has 0 atom stereocenters. The molecule has 0 spiro atoms. The van der Waals surface area contributed by atoms with Gasteiger partial charge in [-0.1, -0.05) is 0 Å². The van der Waals surface area contributed by atoms with Crippen molar-refractivity contribution in [1.82, 2.24) is 0 Å². The number of methoxy groups -OCH3 is 2. The third-order valence-electron chi connectivity index (χ3n) is 10.4. The van der Waals surface area contributed by atoms with Gasteiger partial charge in [0.1, 0.15) is 0 Å². The van der Waals surface area contributed by atoms with Crippen molar-refractivity contribution in [2.45, 2.75) is 62.5 Å². The number of fused-ring (bicyclic) bond motifs is 3. The van der Waals surface area contributed by atoms with Crippen molar-refractivity contribution in [2.24, 2.45) is 0 Å². The summed E-state index contributed by atoms with van der Waals surface area (Å²) in [6.07, 6.45) is 5.66. The zero-order valence-corrected chi connectivity index (χ0v) is 34.3. The second-order valence-corrected chi connectivity index (χ2v) is 24.6. The van der Waals surface area contributed by atoms with Crippen molar-refractivity contribution in [3.63, 3.8) is 0 Å². The molecule has 2 aliphatic rings. The molecule has 0 saturated carbocycles. The Morgan fingerprint density at radius 1 is 0.600 bits per heavy atom. The van der Waals surface area contributed by atoms with Crippen molar-refractivity contribution >= 4 is 8.83 Å². The van der Waals surface area contributed by atoms with Crippen molar-refractivity contribution in [1.29, 1.82) is 0 Å². The molecule has 0 heterocycles. The van der Waals surface area contributed by atoms with Crippen molar-refractivity contribution < 1.29 is 30.4 Å². The molecule has 0 amide bonds. The molecule has 5 aromatic carbocycles. The molecule has 2 nitrogen and oxygen atoms in total. The predicted octanol–water partition coefficient (Wildman–Crippen LogP) is 11.6. The van der Waals surface area contributed by atoms with Gasteiger partial charge in [-0.15, -0.1) is 0 Å². The Morgan fingerprint density at radius 2 is 1.08 bits per heavy atom. The molecule has 0 fully saturated rings. The summed E-state index contributed by atoms with van der Waals surface area (Å²) >= 11 is -3.37. The first-order chi connectivity index (χ1) is 24.0. The van der Waals surface area contributed by atoms with Gasteiger partial charge in [-0.05, 0) is 0 Å². The minimum atomic E-state index is -3.37. The fraction of sp³-hybridized carbons (Fsp3) is 0.255. The van der Waals surface area contributed by atoms with Gasteiger partial charge in [0.15, 0.2) is 0 Å². The summed E-state index contributed by atoms with van der Waals surface area (Å²) in [6, 6.07) is 43.4. The van der Waals surface area contributed by atoms with E-state index in [9.17, 15) is 0 Å². The number of ether oxygens (including phenoxy) is 2. The quantitative estimate of drug-likeness (QED) is 0.152. The Bertz CT molecular complexity index is 2030. The van der Waals surface area contributed by atoms with E-state index in [-0.39, 0.29) is 14.5 Å². The van der Waals surface area contributed by atoms with Crippen LogP contribution in [0, 0.1) is 0 Å². The van der Waals surface area contributed by atoms with E-state index < -0.39 is 21.0 Å². The van der Waals surface area contributed by atoms with Gasteiger partial charge in [-0.2, -0.15) is 0 Å². The molecule has 0 aromatic heterocycles. The van der Waals surface area contributed by atoms with Crippen molar-refractivity contribution in [3.05, 3.63) is 170 Å². The van der Waals surface area contributed by atoms with E-state index >= 15 is 0 Å². The zero-order chi connectivity index (χ0) is 35.2. The van der Waals surface area contributed by atoms with E-state index in [2.05, 4.69) is 163 Å². The molecular weight excluding hydrogens is 775 g/mol. The normalized spacial score (nSPS) is 14.1. The van der Waals surface area contributed by atoms with Crippen LogP contribution in [0.4, 0.5) is 0 Å². The van der Waals surface area contributed by atoms with E-state index in [1.165, 1.54) is 50.1 Å². The van der Waals surface area contributed by atoms with Crippen LogP contribution < -0.4 is 9.47 Å². The molecule has 0 bridgehead atoms. The van der Waals surface area contributed by atoms with Gasteiger partial charge in [0, 0.05) is 0 Å². The van der Waals surface area contributed by atoms with E-state index in [0.29, 0.717) is 0 Å². The van der Waals surface area contributed by atoms with Crippen LogP contribution in [0.3, 0.4) is 0 Å². The fourth-order valence-corrected chi connectivity index (χ4v) is 21.5. The maximum atomic E-state index is 6.07. The van der Waals surface area contributed by atoms with Gasteiger partial charge < -0.3 is 0 Å². The van der Waals surface area contributed by atoms with Crippen LogP contribution >= 0.6 is 0 Å². The standard InChI is InChI=1S/C21H25.C13H13O2.C13H10.Hf/c1-20(2,3)16-7-9-18-14(12-16)11-15-13-17(21(4,5)6)8-10-19(15)18;1-14-11-8-5-9-12(15-2)13(11)10-6-3-4-7-10;1-3-7-12(8-4-1)11-13-9-5-2-6-10-13;/h7-13H,1-6H3;3,5-6,8-9H,4H2,1-2H3;1-10H;. The molecule has 5 aromatic rings. The third-order valence-corrected chi connectivity index (χ3v) is 22.7. The predicted molar refractivity (Wildman–Crippen MR) is 207 cm³/mol. The van der Waals surface area contributed by atoms with Gasteiger partial charge in [0.05, 0.1) is 0 Å². The Balaban J connectivity index is 1.67. The van der Waals surface area contributed by atoms with Gasteiger partial charge >= 0.3 is 308 Å². The molecular formula is C47H48HfO2. The Kier molecular flexibility index (Phi) is 9.33. The summed E-state index contributed by atoms with van der Waals surface area (Å²) in [4.78, 5) is 0. The first kappa shape index (κ1) is 34.4. The first-order valence-electron chi connectivity index (χ1n) is 17.8. The average molecular weight is 823 g/mol. The van der Waals surface area contributed by atoms with Gasteiger partial charge in [0.25, 0.3) is 0 Å². The minimum absolute atomic E-state index is 0.0335. The van der Waals surface area contributed by atoms with Crippen molar-refractivity contribution in [2.75, 3.05) is 14.2 Å². The van der Waals surface area contributed by atoms with Crippen LogP contribution in [0.1, 0.15) is 90.6 Å². The molecule has 3 heteroatoms. The van der Waals surface area contributed by atoms with Gasteiger partial charge in [0.2, 0.25) is 0 Å². The molecule has 2 aliphatic carbocycles. The van der Waals surface area contributed by atoms with Crippen LogP contribution in [0.15, 0.2) is 131 Å². The molecule has 50 heavy (non-hydrogen) atoms. The van der Waals surface area contributed by atoms with Gasteiger partial charge in [-0.3, -0.25) is 0 Å². The second kappa shape index (κ2) is 13.6. The summed E-state index contributed by atoms with van der Waals surface area (Å²) in [6.45, 7) is 14.0. The summed E-state index contributed by atoms with van der Waals surface area (Å²) in [5.74, 6) is 1.71. The molecule has 0 unspecified atom stereocenters. The molecule has 0 N–H and O–H groups in total. The van der Waals surface area contributed by atoms with E-state index in [1.807, 2.05) is 6.07 Å². The van der Waals surface area contributed by atoms with E-state index in [0.717, 1.165) is 23.5 Å². The summed E-state index contributed by atoms with van der Waals surface area (Å²) in [5.41, 5.74) is 13.6.